The van der Waals surface area contributed by atoms with Crippen molar-refractivity contribution in [2.24, 2.45) is 0 Å². The van der Waals surface area contributed by atoms with Gasteiger partial charge in [-0.15, -0.1) is 5.10 Å². The van der Waals surface area contributed by atoms with E-state index >= 15 is 0 Å². The van der Waals surface area contributed by atoms with E-state index in [2.05, 4.69) is 15.0 Å². The molecule has 0 spiro atoms. The van der Waals surface area contributed by atoms with Crippen molar-refractivity contribution in [1.82, 2.24) is 19.7 Å². The van der Waals surface area contributed by atoms with Crippen LogP contribution in [0.1, 0.15) is 6.42 Å². The zero-order chi connectivity index (χ0) is 15.5. The average molecular weight is 332 g/mol. The number of hydrogen-bond acceptors (Lipinski definition) is 8. The van der Waals surface area contributed by atoms with Crippen molar-refractivity contribution in [3.63, 3.8) is 0 Å². The molecule has 0 aromatic carbocycles. The lowest BCUT2D eigenvalue weighted by Crippen LogP contribution is -2.25. The number of aromatic nitrogens is 3. The van der Waals surface area contributed by atoms with Gasteiger partial charge in [0.2, 0.25) is 10.0 Å². The second-order valence-corrected chi connectivity index (χ2v) is 7.07. The molecule has 0 aliphatic carbocycles. The predicted molar refractivity (Wildman–Crippen MR) is 75.2 cm³/mol. The number of nitrogens with one attached hydrogen (secondary N) is 1. The fraction of sp³-hybridized carbons (Fsp3) is 0.333. The van der Waals surface area contributed by atoms with Gasteiger partial charge in [-0.3, -0.25) is 14.8 Å². The van der Waals surface area contributed by atoms with Gasteiger partial charge in [0.05, 0.1) is 11.1 Å². The molecular weight excluding hydrogens is 320 g/mol. The molecule has 0 unspecified atom stereocenters. The molecule has 0 aliphatic heterocycles. The van der Waals surface area contributed by atoms with Crippen LogP contribution in [0.4, 0.5) is 10.7 Å². The Balaban J connectivity index is 1.95. The highest BCUT2D eigenvalue weighted by Crippen LogP contribution is 2.34. The fourth-order valence-electron chi connectivity index (χ4n) is 1.52. The van der Waals surface area contributed by atoms with Crippen LogP contribution in [0.2, 0.25) is 0 Å². The Morgan fingerprint density at radius 1 is 1.52 bits per heavy atom. The van der Waals surface area contributed by atoms with Crippen molar-refractivity contribution in [3.8, 4) is 0 Å². The molecule has 0 saturated carbocycles. The van der Waals surface area contributed by atoms with Gasteiger partial charge in [0, 0.05) is 25.4 Å². The summed E-state index contributed by atoms with van der Waals surface area (Å²) < 4.78 is 27.7. The molecule has 2 aromatic rings. The maximum Gasteiger partial charge on any atom is 0.304 e. The largest absolute Gasteiger partial charge is 0.385 e. The molecule has 21 heavy (non-hydrogen) atoms. The van der Waals surface area contributed by atoms with Gasteiger partial charge in [-0.1, -0.05) is 16.6 Å². The van der Waals surface area contributed by atoms with E-state index in [1.54, 1.807) is 10.9 Å². The number of nitrogen functional groups attached to an aromatic ring is 1. The van der Waals surface area contributed by atoms with Crippen molar-refractivity contribution < 1.29 is 13.3 Å². The number of nitrogens with two attached hydrogens (primary N) is 1. The van der Waals surface area contributed by atoms with E-state index in [4.69, 9.17) is 5.73 Å². The second-order valence-electron chi connectivity index (χ2n) is 3.99. The van der Waals surface area contributed by atoms with Gasteiger partial charge >= 0.3 is 5.69 Å². The number of aryl methyl sites for hydroxylation is 1. The summed E-state index contributed by atoms with van der Waals surface area (Å²) in [5, 5.41) is 17.9. The number of nitrogens with zero attached hydrogens (tertiary/aromatic N) is 4. The van der Waals surface area contributed by atoms with Gasteiger partial charge in [0.15, 0.2) is 5.00 Å². The molecule has 3 N–H and O–H groups in total. The number of hydrogen-bond donors (Lipinski definition) is 2. The highest BCUT2D eigenvalue weighted by molar-refractivity contribution is 7.91. The van der Waals surface area contributed by atoms with E-state index in [9.17, 15) is 18.5 Å². The van der Waals surface area contributed by atoms with Crippen molar-refractivity contribution >= 4 is 32.0 Å². The zero-order valence-corrected chi connectivity index (χ0v) is 12.3. The van der Waals surface area contributed by atoms with Crippen LogP contribution in [-0.2, 0) is 16.6 Å². The Kier molecular flexibility index (Phi) is 4.50. The van der Waals surface area contributed by atoms with Crippen LogP contribution < -0.4 is 10.5 Å². The molecule has 114 valence electrons. The van der Waals surface area contributed by atoms with Crippen LogP contribution in [-0.4, -0.2) is 34.9 Å². The van der Waals surface area contributed by atoms with E-state index in [1.165, 1.54) is 6.20 Å². The van der Waals surface area contributed by atoms with Crippen molar-refractivity contribution in [3.05, 3.63) is 28.6 Å². The van der Waals surface area contributed by atoms with Crippen molar-refractivity contribution in [2.45, 2.75) is 17.2 Å². The zero-order valence-electron chi connectivity index (χ0n) is 10.7. The quantitative estimate of drug-likeness (QED) is 0.418. The van der Waals surface area contributed by atoms with E-state index < -0.39 is 20.6 Å². The molecule has 0 aliphatic rings. The molecule has 12 heteroatoms. The molecule has 2 heterocycles. The van der Waals surface area contributed by atoms with Crippen LogP contribution in [0.15, 0.2) is 22.7 Å². The molecular formula is C9H12N6O4S2. The molecule has 0 saturated heterocycles. The van der Waals surface area contributed by atoms with Gasteiger partial charge in [-0.2, -0.15) is 0 Å². The van der Waals surface area contributed by atoms with Crippen LogP contribution in [0.25, 0.3) is 0 Å². The van der Waals surface area contributed by atoms with Crippen LogP contribution in [0, 0.1) is 10.1 Å². The van der Waals surface area contributed by atoms with Gasteiger partial charge in [-0.05, 0) is 6.42 Å². The summed E-state index contributed by atoms with van der Waals surface area (Å²) in [5.41, 5.74) is 5.02. The van der Waals surface area contributed by atoms with Gasteiger partial charge in [0.1, 0.15) is 4.21 Å². The molecule has 2 aromatic heterocycles. The first-order valence-electron chi connectivity index (χ1n) is 5.77. The molecule has 0 radical (unpaired) electrons. The lowest BCUT2D eigenvalue weighted by Gasteiger charge is -2.04. The van der Waals surface area contributed by atoms with E-state index in [-0.39, 0.29) is 15.8 Å². The Hall–Kier alpha value is -2.05. The fourth-order valence-corrected chi connectivity index (χ4v) is 3.85. The molecule has 10 nitrogen and oxygen atoms in total. The summed E-state index contributed by atoms with van der Waals surface area (Å²) in [4.78, 5) is 9.94. The smallest absolute Gasteiger partial charge is 0.304 e. The third-order valence-electron chi connectivity index (χ3n) is 2.51. The minimum absolute atomic E-state index is 0.136. The highest BCUT2D eigenvalue weighted by atomic mass is 32.2. The third kappa shape index (κ3) is 3.74. The number of rotatable bonds is 7. The van der Waals surface area contributed by atoms with Crippen LogP contribution in [0.3, 0.4) is 0 Å². The van der Waals surface area contributed by atoms with E-state index in [0.717, 1.165) is 6.07 Å². The number of sulfonamides is 1. The molecule has 2 rings (SSSR count). The Morgan fingerprint density at radius 2 is 2.29 bits per heavy atom. The van der Waals surface area contributed by atoms with Crippen molar-refractivity contribution in [2.75, 3.05) is 12.3 Å². The molecule has 0 fully saturated rings. The van der Waals surface area contributed by atoms with E-state index in [1.807, 2.05) is 0 Å². The standard InChI is InChI=1S/C9H12N6O4S2/c10-9-7(15(16)17)6-8(20-9)21(18,19)12-2-1-4-14-5-3-11-13-14/h3,5-6,12H,1-2,4,10H2. The molecule has 0 amide bonds. The maximum absolute atomic E-state index is 12.0. The van der Waals surface area contributed by atoms with Gasteiger partial charge in [-0.25, -0.2) is 13.1 Å². The first-order chi connectivity index (χ1) is 9.90. The second kappa shape index (κ2) is 6.15. The normalized spacial score (nSPS) is 11.6. The summed E-state index contributed by atoms with van der Waals surface area (Å²) in [6.45, 7) is 0.684. The van der Waals surface area contributed by atoms with Gasteiger partial charge in [0.25, 0.3) is 0 Å². The Bertz CT molecular complexity index is 724. The van der Waals surface area contributed by atoms with Crippen LogP contribution >= 0.6 is 11.3 Å². The first kappa shape index (κ1) is 15.3. The first-order valence-corrected chi connectivity index (χ1v) is 8.07. The van der Waals surface area contributed by atoms with Gasteiger partial charge < -0.3 is 5.73 Å². The SMILES string of the molecule is Nc1sc(S(=O)(=O)NCCCn2ccnn2)cc1[N+](=O)[O-]. The summed E-state index contributed by atoms with van der Waals surface area (Å²) >= 11 is 0.664. The molecule has 0 atom stereocenters. The molecule has 0 bridgehead atoms. The lowest BCUT2D eigenvalue weighted by atomic mass is 10.4. The summed E-state index contributed by atoms with van der Waals surface area (Å²) in [6.07, 6.45) is 3.70. The average Bonchev–Trinajstić information content (AvgIpc) is 3.04. The Morgan fingerprint density at radius 3 is 2.86 bits per heavy atom. The highest BCUT2D eigenvalue weighted by Gasteiger charge is 2.24. The lowest BCUT2D eigenvalue weighted by molar-refractivity contribution is -0.383. The van der Waals surface area contributed by atoms with Crippen LogP contribution in [0.5, 0.6) is 0 Å². The number of anilines is 1. The maximum atomic E-state index is 12.0. The minimum Gasteiger partial charge on any atom is -0.385 e. The predicted octanol–water partition coefficient (Wildman–Crippen LogP) is 0.199. The van der Waals surface area contributed by atoms with E-state index in [0.29, 0.717) is 24.3 Å². The summed E-state index contributed by atoms with van der Waals surface area (Å²) in [5.74, 6) is 0. The minimum atomic E-state index is -3.80. The Labute approximate surface area is 123 Å². The number of nitro groups is 1. The van der Waals surface area contributed by atoms with Crippen molar-refractivity contribution in [1.29, 1.82) is 0 Å². The topological polar surface area (TPSA) is 146 Å². The summed E-state index contributed by atoms with van der Waals surface area (Å²) in [7, 11) is -3.80. The summed E-state index contributed by atoms with van der Waals surface area (Å²) in [6, 6.07) is 0.958. The third-order valence-corrected chi connectivity index (χ3v) is 5.40. The monoisotopic (exact) mass is 332 g/mol. The number of thiophene rings is 1.